The van der Waals surface area contributed by atoms with Crippen LogP contribution in [0.1, 0.15) is 39.6 Å². The Morgan fingerprint density at radius 2 is 1.56 bits per heavy atom. The third kappa shape index (κ3) is 3.24. The maximum absolute atomic E-state index is 12.3. The molecule has 0 aromatic heterocycles. The van der Waals surface area contributed by atoms with Gasteiger partial charge in [0.1, 0.15) is 0 Å². The van der Waals surface area contributed by atoms with E-state index in [2.05, 4.69) is 10.9 Å². The van der Waals surface area contributed by atoms with Crippen LogP contribution in [0.15, 0.2) is 54.6 Å². The molecular formula is C19H18N2O4. The van der Waals surface area contributed by atoms with Gasteiger partial charge in [0.05, 0.1) is 11.1 Å². The van der Waals surface area contributed by atoms with E-state index < -0.39 is 11.9 Å². The molecule has 1 fully saturated rings. The summed E-state index contributed by atoms with van der Waals surface area (Å²) in [6.45, 7) is 2.01. The van der Waals surface area contributed by atoms with E-state index in [0.29, 0.717) is 6.42 Å². The topological polar surface area (TPSA) is 95.5 Å². The van der Waals surface area contributed by atoms with Gasteiger partial charge in [-0.15, -0.1) is 0 Å². The van der Waals surface area contributed by atoms with E-state index >= 15 is 0 Å². The monoisotopic (exact) mass is 338 g/mol. The Labute approximate surface area is 144 Å². The van der Waals surface area contributed by atoms with E-state index in [1.165, 1.54) is 18.2 Å². The summed E-state index contributed by atoms with van der Waals surface area (Å²) in [5, 5.41) is 9.12. The van der Waals surface area contributed by atoms with Crippen LogP contribution in [0.4, 0.5) is 0 Å². The van der Waals surface area contributed by atoms with Gasteiger partial charge in [-0.25, -0.2) is 4.79 Å². The van der Waals surface area contributed by atoms with Crippen molar-refractivity contribution >= 4 is 17.8 Å². The zero-order valence-corrected chi connectivity index (χ0v) is 13.7. The fourth-order valence-corrected chi connectivity index (χ4v) is 3.03. The van der Waals surface area contributed by atoms with E-state index in [1.807, 2.05) is 37.3 Å². The van der Waals surface area contributed by atoms with Crippen molar-refractivity contribution in [1.29, 1.82) is 0 Å². The Kier molecular flexibility index (Phi) is 4.27. The number of carboxylic acids is 1. The van der Waals surface area contributed by atoms with Crippen LogP contribution in [0, 0.1) is 5.92 Å². The van der Waals surface area contributed by atoms with Gasteiger partial charge >= 0.3 is 5.97 Å². The number of hydrogen-bond donors (Lipinski definition) is 3. The molecule has 6 nitrogen and oxygen atoms in total. The molecule has 0 unspecified atom stereocenters. The first kappa shape index (κ1) is 16.7. The van der Waals surface area contributed by atoms with E-state index in [9.17, 15) is 14.4 Å². The van der Waals surface area contributed by atoms with E-state index in [0.717, 1.165) is 5.56 Å². The van der Waals surface area contributed by atoms with E-state index in [4.69, 9.17) is 5.11 Å². The molecule has 2 aromatic rings. The lowest BCUT2D eigenvalue weighted by atomic mass is 9.95. The summed E-state index contributed by atoms with van der Waals surface area (Å²) in [5.41, 5.74) is 5.43. The molecule has 0 aliphatic heterocycles. The minimum absolute atomic E-state index is 0.00285. The SMILES string of the molecule is C[C@]1(c2ccccc2)C[C@H]1C(=O)NNC(=O)c1ccccc1C(=O)O. The number of hydrazine groups is 1. The van der Waals surface area contributed by atoms with Crippen molar-refractivity contribution in [2.24, 2.45) is 5.92 Å². The fourth-order valence-electron chi connectivity index (χ4n) is 3.03. The smallest absolute Gasteiger partial charge is 0.336 e. The Hall–Kier alpha value is -3.15. The molecule has 1 aliphatic carbocycles. The molecule has 0 saturated heterocycles. The first-order valence-electron chi connectivity index (χ1n) is 7.91. The molecule has 0 bridgehead atoms. The normalized spacial score (nSPS) is 21.2. The number of benzene rings is 2. The van der Waals surface area contributed by atoms with Crippen molar-refractivity contribution in [1.82, 2.24) is 10.9 Å². The Morgan fingerprint density at radius 3 is 2.20 bits per heavy atom. The molecule has 3 N–H and O–H groups in total. The van der Waals surface area contributed by atoms with Crippen LogP contribution in [-0.2, 0) is 10.2 Å². The summed E-state index contributed by atoms with van der Waals surface area (Å²) in [6.07, 6.45) is 0.699. The molecule has 25 heavy (non-hydrogen) atoms. The molecular weight excluding hydrogens is 320 g/mol. The first-order valence-corrected chi connectivity index (χ1v) is 7.91. The number of aromatic carboxylic acids is 1. The second kappa shape index (κ2) is 6.39. The molecule has 0 heterocycles. The highest BCUT2D eigenvalue weighted by molar-refractivity contribution is 6.05. The third-order valence-electron chi connectivity index (χ3n) is 4.69. The molecule has 2 amide bonds. The van der Waals surface area contributed by atoms with Crippen molar-refractivity contribution in [2.45, 2.75) is 18.8 Å². The van der Waals surface area contributed by atoms with E-state index in [1.54, 1.807) is 6.07 Å². The quantitative estimate of drug-likeness (QED) is 0.744. The largest absolute Gasteiger partial charge is 0.478 e. The molecule has 3 rings (SSSR count). The Bertz CT molecular complexity index is 834. The Balaban J connectivity index is 1.63. The number of hydrogen-bond acceptors (Lipinski definition) is 3. The predicted octanol–water partition coefficient (Wildman–Crippen LogP) is 2.12. The maximum Gasteiger partial charge on any atom is 0.336 e. The van der Waals surface area contributed by atoms with Crippen molar-refractivity contribution in [2.75, 3.05) is 0 Å². The molecule has 0 spiro atoms. The van der Waals surface area contributed by atoms with Gasteiger partial charge in [0.15, 0.2) is 0 Å². The van der Waals surface area contributed by atoms with Crippen LogP contribution in [-0.4, -0.2) is 22.9 Å². The van der Waals surface area contributed by atoms with Crippen molar-refractivity contribution in [3.05, 3.63) is 71.3 Å². The van der Waals surface area contributed by atoms with Crippen LogP contribution in [0.25, 0.3) is 0 Å². The number of carbonyl (C=O) groups excluding carboxylic acids is 2. The van der Waals surface area contributed by atoms with Gasteiger partial charge in [-0.05, 0) is 24.1 Å². The lowest BCUT2D eigenvalue weighted by Gasteiger charge is -2.13. The molecule has 1 aliphatic rings. The molecule has 2 aromatic carbocycles. The van der Waals surface area contributed by atoms with Crippen LogP contribution < -0.4 is 10.9 Å². The lowest BCUT2D eigenvalue weighted by Crippen LogP contribution is -2.43. The second-order valence-corrected chi connectivity index (χ2v) is 6.33. The zero-order chi connectivity index (χ0) is 18.0. The van der Waals surface area contributed by atoms with Crippen LogP contribution in [0.3, 0.4) is 0 Å². The summed E-state index contributed by atoms with van der Waals surface area (Å²) in [5.74, 6) is -2.37. The van der Waals surface area contributed by atoms with Crippen molar-refractivity contribution in [3.63, 3.8) is 0 Å². The average Bonchev–Trinajstić information content (AvgIpc) is 3.33. The van der Waals surface area contributed by atoms with Crippen molar-refractivity contribution in [3.8, 4) is 0 Å². The lowest BCUT2D eigenvalue weighted by molar-refractivity contribution is -0.123. The zero-order valence-electron chi connectivity index (χ0n) is 13.7. The number of amides is 2. The standard InChI is InChI=1S/C19H18N2O4/c1-19(12-7-3-2-4-8-12)11-15(19)17(23)21-20-16(22)13-9-5-6-10-14(13)18(24)25/h2-10,15H,11H2,1H3,(H,20,22)(H,21,23)(H,24,25)/t15-,19+/m0/s1. The van der Waals surface area contributed by atoms with Crippen LogP contribution >= 0.6 is 0 Å². The molecule has 2 atom stereocenters. The number of rotatable bonds is 4. The summed E-state index contributed by atoms with van der Waals surface area (Å²) in [6, 6.07) is 15.6. The van der Waals surface area contributed by atoms with Gasteiger partial charge < -0.3 is 5.11 Å². The maximum atomic E-state index is 12.3. The van der Waals surface area contributed by atoms with Gasteiger partial charge in [0.25, 0.3) is 5.91 Å². The van der Waals surface area contributed by atoms with Crippen molar-refractivity contribution < 1.29 is 19.5 Å². The minimum atomic E-state index is -1.20. The van der Waals surface area contributed by atoms with Gasteiger partial charge in [-0.3, -0.25) is 20.4 Å². The average molecular weight is 338 g/mol. The second-order valence-electron chi connectivity index (χ2n) is 6.33. The predicted molar refractivity (Wildman–Crippen MR) is 90.9 cm³/mol. The van der Waals surface area contributed by atoms with Gasteiger partial charge in [-0.1, -0.05) is 49.4 Å². The fraction of sp³-hybridized carbons (Fsp3) is 0.211. The van der Waals surface area contributed by atoms with E-state index in [-0.39, 0.29) is 28.4 Å². The highest BCUT2D eigenvalue weighted by Crippen LogP contribution is 2.53. The van der Waals surface area contributed by atoms with Gasteiger partial charge in [0.2, 0.25) is 5.91 Å². The number of nitrogens with one attached hydrogen (secondary N) is 2. The van der Waals surface area contributed by atoms with Crippen LogP contribution in [0.5, 0.6) is 0 Å². The molecule has 128 valence electrons. The molecule has 1 saturated carbocycles. The summed E-state index contributed by atoms with van der Waals surface area (Å²) in [7, 11) is 0. The molecule has 0 radical (unpaired) electrons. The summed E-state index contributed by atoms with van der Waals surface area (Å²) < 4.78 is 0. The Morgan fingerprint density at radius 1 is 0.960 bits per heavy atom. The first-order chi connectivity index (χ1) is 11.9. The summed E-state index contributed by atoms with van der Waals surface area (Å²) >= 11 is 0. The molecule has 6 heteroatoms. The van der Waals surface area contributed by atoms with Crippen LogP contribution in [0.2, 0.25) is 0 Å². The minimum Gasteiger partial charge on any atom is -0.478 e. The summed E-state index contributed by atoms with van der Waals surface area (Å²) in [4.78, 5) is 35.6. The highest BCUT2D eigenvalue weighted by atomic mass is 16.4. The number of carboxylic acid groups (broad SMARTS) is 1. The highest BCUT2D eigenvalue weighted by Gasteiger charge is 2.55. The van der Waals surface area contributed by atoms with Gasteiger partial charge in [-0.2, -0.15) is 0 Å². The number of carbonyl (C=O) groups is 3. The third-order valence-corrected chi connectivity index (χ3v) is 4.69. The van der Waals surface area contributed by atoms with Gasteiger partial charge in [0, 0.05) is 11.3 Å².